The molecule has 0 unspecified atom stereocenters. The van der Waals surface area contributed by atoms with Crippen LogP contribution in [-0.2, 0) is 11.2 Å². The second-order valence-corrected chi connectivity index (χ2v) is 4.20. The number of rotatable bonds is 4. The fourth-order valence-electron chi connectivity index (χ4n) is 1.84. The van der Waals surface area contributed by atoms with Crippen molar-refractivity contribution in [3.8, 4) is 5.75 Å². The zero-order valence-corrected chi connectivity index (χ0v) is 9.91. The largest absolute Gasteiger partial charge is 0.494 e. The molecule has 1 heterocycles. The van der Waals surface area contributed by atoms with Crippen molar-refractivity contribution in [3.63, 3.8) is 0 Å². The van der Waals surface area contributed by atoms with E-state index in [9.17, 15) is 9.18 Å². The van der Waals surface area contributed by atoms with Gasteiger partial charge >= 0.3 is 0 Å². The van der Waals surface area contributed by atoms with Crippen LogP contribution in [-0.4, -0.2) is 31.0 Å². The summed E-state index contributed by atoms with van der Waals surface area (Å²) in [6.07, 6.45) is 2.13. The Balaban J connectivity index is 1.90. The van der Waals surface area contributed by atoms with Gasteiger partial charge < -0.3 is 9.64 Å². The summed E-state index contributed by atoms with van der Waals surface area (Å²) in [5.74, 6) is 0.0247. The van der Waals surface area contributed by atoms with Gasteiger partial charge in [-0.25, -0.2) is 4.39 Å². The maximum Gasteiger partial charge on any atom is 0.222 e. The SMILES string of the molecule is COc1ccc(CCC(=O)N2CCC2)cc1F. The molecule has 1 aliphatic rings. The first-order chi connectivity index (χ1) is 8.20. The van der Waals surface area contributed by atoms with Gasteiger partial charge in [0.15, 0.2) is 11.6 Å². The fraction of sp³-hybridized carbons (Fsp3) is 0.462. The predicted molar refractivity (Wildman–Crippen MR) is 62.5 cm³/mol. The van der Waals surface area contributed by atoms with Crippen LogP contribution in [0.15, 0.2) is 18.2 Å². The molecule has 17 heavy (non-hydrogen) atoms. The summed E-state index contributed by atoms with van der Waals surface area (Å²) >= 11 is 0. The third-order valence-electron chi connectivity index (χ3n) is 3.05. The van der Waals surface area contributed by atoms with Gasteiger partial charge in [0, 0.05) is 19.5 Å². The van der Waals surface area contributed by atoms with Gasteiger partial charge in [0.05, 0.1) is 7.11 Å². The Kier molecular flexibility index (Phi) is 3.61. The molecule has 0 atom stereocenters. The zero-order chi connectivity index (χ0) is 12.3. The molecule has 1 fully saturated rings. The van der Waals surface area contributed by atoms with E-state index in [1.54, 1.807) is 12.1 Å². The molecule has 1 aromatic rings. The lowest BCUT2D eigenvalue weighted by Gasteiger charge is -2.30. The van der Waals surface area contributed by atoms with Crippen LogP contribution < -0.4 is 4.74 Å². The topological polar surface area (TPSA) is 29.5 Å². The highest BCUT2D eigenvalue weighted by molar-refractivity contribution is 5.77. The first kappa shape index (κ1) is 11.9. The minimum absolute atomic E-state index is 0.160. The smallest absolute Gasteiger partial charge is 0.222 e. The summed E-state index contributed by atoms with van der Waals surface area (Å²) in [5, 5.41) is 0. The molecular weight excluding hydrogens is 221 g/mol. The van der Waals surface area contributed by atoms with Crippen molar-refractivity contribution in [2.45, 2.75) is 19.3 Å². The highest BCUT2D eigenvalue weighted by Crippen LogP contribution is 2.19. The molecule has 1 amide bonds. The van der Waals surface area contributed by atoms with Crippen molar-refractivity contribution < 1.29 is 13.9 Å². The maximum absolute atomic E-state index is 13.4. The number of carbonyl (C=O) groups excluding carboxylic acids is 1. The fourth-order valence-corrected chi connectivity index (χ4v) is 1.84. The minimum Gasteiger partial charge on any atom is -0.494 e. The van der Waals surface area contributed by atoms with Crippen LogP contribution in [0.2, 0.25) is 0 Å². The summed E-state index contributed by atoms with van der Waals surface area (Å²) < 4.78 is 18.2. The van der Waals surface area contributed by atoms with E-state index in [1.807, 2.05) is 4.90 Å². The van der Waals surface area contributed by atoms with E-state index in [1.165, 1.54) is 13.2 Å². The third-order valence-corrected chi connectivity index (χ3v) is 3.05. The number of likely N-dealkylation sites (tertiary alicyclic amines) is 1. The molecule has 2 rings (SSSR count). The van der Waals surface area contributed by atoms with Crippen LogP contribution in [0.25, 0.3) is 0 Å². The summed E-state index contributed by atoms with van der Waals surface area (Å²) in [5.41, 5.74) is 0.831. The van der Waals surface area contributed by atoms with Gasteiger partial charge in [-0.15, -0.1) is 0 Å². The molecule has 92 valence electrons. The average Bonchev–Trinajstić information content (AvgIpc) is 2.24. The zero-order valence-electron chi connectivity index (χ0n) is 9.91. The lowest BCUT2D eigenvalue weighted by atomic mass is 10.1. The van der Waals surface area contributed by atoms with Crippen LogP contribution in [0.4, 0.5) is 4.39 Å². The second-order valence-electron chi connectivity index (χ2n) is 4.20. The van der Waals surface area contributed by atoms with E-state index < -0.39 is 0 Å². The van der Waals surface area contributed by atoms with Crippen molar-refractivity contribution >= 4 is 5.91 Å². The number of nitrogens with zero attached hydrogens (tertiary/aromatic N) is 1. The Morgan fingerprint density at radius 3 is 2.76 bits per heavy atom. The number of aryl methyl sites for hydroxylation is 1. The second kappa shape index (κ2) is 5.17. The standard InChI is InChI=1S/C13H16FNO2/c1-17-12-5-3-10(9-11(12)14)4-6-13(16)15-7-2-8-15/h3,5,9H,2,4,6-8H2,1H3. The van der Waals surface area contributed by atoms with Crippen molar-refractivity contribution in [2.24, 2.45) is 0 Å². The van der Waals surface area contributed by atoms with E-state index >= 15 is 0 Å². The number of amides is 1. The van der Waals surface area contributed by atoms with Crippen LogP contribution in [0.1, 0.15) is 18.4 Å². The molecule has 0 spiro atoms. The summed E-state index contributed by atoms with van der Waals surface area (Å²) in [4.78, 5) is 13.4. The molecule has 1 aliphatic heterocycles. The molecule has 3 nitrogen and oxygen atoms in total. The highest BCUT2D eigenvalue weighted by atomic mass is 19.1. The Morgan fingerprint density at radius 2 is 2.24 bits per heavy atom. The van der Waals surface area contributed by atoms with E-state index in [4.69, 9.17) is 4.74 Å². The Bertz CT molecular complexity index is 416. The first-order valence-electron chi connectivity index (χ1n) is 5.81. The molecule has 0 saturated carbocycles. The number of ether oxygens (including phenoxy) is 1. The lowest BCUT2D eigenvalue weighted by Crippen LogP contribution is -2.42. The number of benzene rings is 1. The summed E-state index contributed by atoms with van der Waals surface area (Å²) in [6, 6.07) is 4.83. The van der Waals surface area contributed by atoms with Gasteiger partial charge in [0.1, 0.15) is 0 Å². The van der Waals surface area contributed by atoms with Crippen LogP contribution in [0, 0.1) is 5.82 Å². The van der Waals surface area contributed by atoms with Gasteiger partial charge in [-0.3, -0.25) is 4.79 Å². The number of carbonyl (C=O) groups is 1. The third kappa shape index (κ3) is 2.75. The van der Waals surface area contributed by atoms with Gasteiger partial charge in [0.25, 0.3) is 0 Å². The summed E-state index contributed by atoms with van der Waals surface area (Å²) in [7, 11) is 1.44. The predicted octanol–water partition coefficient (Wildman–Crippen LogP) is 2.00. The lowest BCUT2D eigenvalue weighted by molar-refractivity contribution is -0.134. The Morgan fingerprint density at radius 1 is 1.47 bits per heavy atom. The van der Waals surface area contributed by atoms with E-state index in [0.717, 1.165) is 25.1 Å². The van der Waals surface area contributed by atoms with Crippen LogP contribution in [0.3, 0.4) is 0 Å². The first-order valence-corrected chi connectivity index (χ1v) is 5.81. The van der Waals surface area contributed by atoms with Gasteiger partial charge in [-0.05, 0) is 30.5 Å². The summed E-state index contributed by atoms with van der Waals surface area (Å²) in [6.45, 7) is 1.74. The van der Waals surface area contributed by atoms with Gasteiger partial charge in [-0.1, -0.05) is 6.07 Å². The average molecular weight is 237 g/mol. The molecule has 0 radical (unpaired) electrons. The maximum atomic E-state index is 13.4. The molecule has 0 N–H and O–H groups in total. The molecule has 4 heteroatoms. The van der Waals surface area contributed by atoms with Crippen molar-refractivity contribution in [2.75, 3.05) is 20.2 Å². The Labute approximate surface area is 100 Å². The minimum atomic E-state index is -0.374. The highest BCUT2D eigenvalue weighted by Gasteiger charge is 2.19. The van der Waals surface area contributed by atoms with E-state index in [2.05, 4.69) is 0 Å². The van der Waals surface area contributed by atoms with Gasteiger partial charge in [0.2, 0.25) is 5.91 Å². The molecule has 0 bridgehead atoms. The Hall–Kier alpha value is -1.58. The monoisotopic (exact) mass is 237 g/mol. The van der Waals surface area contributed by atoms with Gasteiger partial charge in [-0.2, -0.15) is 0 Å². The van der Waals surface area contributed by atoms with Crippen molar-refractivity contribution in [3.05, 3.63) is 29.6 Å². The van der Waals surface area contributed by atoms with Crippen LogP contribution in [0.5, 0.6) is 5.75 Å². The molecule has 1 saturated heterocycles. The molecule has 1 aromatic carbocycles. The van der Waals surface area contributed by atoms with Crippen LogP contribution >= 0.6 is 0 Å². The number of halogens is 1. The number of hydrogen-bond acceptors (Lipinski definition) is 2. The molecule has 0 aromatic heterocycles. The normalized spacial score (nSPS) is 14.4. The molecule has 0 aliphatic carbocycles. The quantitative estimate of drug-likeness (QED) is 0.801. The number of hydrogen-bond donors (Lipinski definition) is 0. The number of methoxy groups -OCH3 is 1. The van der Waals surface area contributed by atoms with E-state index in [-0.39, 0.29) is 17.5 Å². The van der Waals surface area contributed by atoms with Crippen molar-refractivity contribution in [1.29, 1.82) is 0 Å². The molecular formula is C13H16FNO2. The van der Waals surface area contributed by atoms with Crippen molar-refractivity contribution in [1.82, 2.24) is 4.90 Å². The van der Waals surface area contributed by atoms with E-state index in [0.29, 0.717) is 12.8 Å².